The molecule has 0 saturated heterocycles. The van der Waals surface area contributed by atoms with E-state index in [1.165, 1.54) is 5.57 Å². The van der Waals surface area contributed by atoms with Crippen molar-refractivity contribution in [2.24, 2.45) is 0 Å². The van der Waals surface area contributed by atoms with Crippen molar-refractivity contribution in [2.45, 2.75) is 19.9 Å². The minimum atomic E-state index is -3.21. The molecule has 3 N–H and O–H groups in total. The molecule has 0 radical (unpaired) electrons. The van der Waals surface area contributed by atoms with Crippen LogP contribution < -0.4 is 15.4 Å². The molecule has 1 aromatic carbocycles. The molecule has 2 rings (SSSR count). The van der Waals surface area contributed by atoms with Crippen LogP contribution in [0.15, 0.2) is 35.9 Å². The number of benzene rings is 1. The van der Waals surface area contributed by atoms with Crippen molar-refractivity contribution in [1.82, 2.24) is 15.4 Å². The highest BCUT2D eigenvalue weighted by atomic mass is 32.2. The molecule has 1 heterocycles. The van der Waals surface area contributed by atoms with Gasteiger partial charge in [0.2, 0.25) is 10.0 Å². The summed E-state index contributed by atoms with van der Waals surface area (Å²) in [5.41, 5.74) is 2.63. The van der Waals surface area contributed by atoms with Crippen LogP contribution in [-0.2, 0) is 16.6 Å². The van der Waals surface area contributed by atoms with Gasteiger partial charge in [-0.3, -0.25) is 4.79 Å². The van der Waals surface area contributed by atoms with Gasteiger partial charge >= 0.3 is 0 Å². The van der Waals surface area contributed by atoms with Gasteiger partial charge in [0.15, 0.2) is 0 Å². The van der Waals surface area contributed by atoms with E-state index in [2.05, 4.69) is 21.4 Å². The van der Waals surface area contributed by atoms with Gasteiger partial charge in [0.05, 0.1) is 5.75 Å². The zero-order chi connectivity index (χ0) is 16.7. The van der Waals surface area contributed by atoms with E-state index in [1.54, 1.807) is 31.2 Å². The molecule has 0 fully saturated rings. The normalized spacial score (nSPS) is 15.1. The summed E-state index contributed by atoms with van der Waals surface area (Å²) in [5.74, 6) is -0.0658. The van der Waals surface area contributed by atoms with Gasteiger partial charge in [-0.2, -0.15) is 0 Å². The van der Waals surface area contributed by atoms with Crippen LogP contribution >= 0.6 is 0 Å². The van der Waals surface area contributed by atoms with Gasteiger partial charge in [-0.05, 0) is 37.6 Å². The molecule has 7 heteroatoms. The minimum absolute atomic E-state index is 0.0544. The monoisotopic (exact) mass is 337 g/mol. The molecule has 1 aliphatic heterocycles. The van der Waals surface area contributed by atoms with Crippen LogP contribution in [-0.4, -0.2) is 39.7 Å². The second-order valence-electron chi connectivity index (χ2n) is 5.42. The minimum Gasteiger partial charge on any atom is -0.348 e. The Labute approximate surface area is 137 Å². The smallest absolute Gasteiger partial charge is 0.251 e. The summed E-state index contributed by atoms with van der Waals surface area (Å²) < 4.78 is 25.3. The molecule has 0 aliphatic carbocycles. The zero-order valence-electron chi connectivity index (χ0n) is 13.3. The largest absolute Gasteiger partial charge is 0.348 e. The summed E-state index contributed by atoms with van der Waals surface area (Å²) in [6, 6.07) is 6.94. The van der Waals surface area contributed by atoms with Crippen molar-refractivity contribution in [3.05, 3.63) is 47.0 Å². The number of sulfonamides is 1. The molecule has 0 atom stereocenters. The fourth-order valence-corrected chi connectivity index (χ4v) is 2.79. The molecule has 1 amide bonds. The SMILES string of the molecule is CCS(=O)(=O)NCc1ccc(C(=O)NCC2=CCNCC2)cc1. The molecule has 1 aliphatic rings. The number of carbonyl (C=O) groups is 1. The zero-order valence-corrected chi connectivity index (χ0v) is 14.1. The van der Waals surface area contributed by atoms with Crippen LogP contribution in [0.1, 0.15) is 29.3 Å². The predicted octanol–water partition coefficient (Wildman–Crippen LogP) is 0.775. The van der Waals surface area contributed by atoms with Gasteiger partial charge in [0.1, 0.15) is 0 Å². The van der Waals surface area contributed by atoms with Crippen LogP contribution in [0.25, 0.3) is 0 Å². The number of amides is 1. The molecule has 126 valence electrons. The number of nitrogens with one attached hydrogen (secondary N) is 3. The molecule has 0 saturated carbocycles. The van der Waals surface area contributed by atoms with Gasteiger partial charge in [0.25, 0.3) is 5.91 Å². The maximum absolute atomic E-state index is 12.1. The molecule has 0 unspecified atom stereocenters. The third-order valence-electron chi connectivity index (χ3n) is 3.73. The fraction of sp³-hybridized carbons (Fsp3) is 0.438. The van der Waals surface area contributed by atoms with E-state index < -0.39 is 10.0 Å². The molecule has 6 nitrogen and oxygen atoms in total. The fourth-order valence-electron chi connectivity index (χ4n) is 2.20. The Bertz CT molecular complexity index is 666. The van der Waals surface area contributed by atoms with E-state index in [4.69, 9.17) is 0 Å². The van der Waals surface area contributed by atoms with Crippen molar-refractivity contribution in [3.63, 3.8) is 0 Å². The first-order valence-electron chi connectivity index (χ1n) is 7.73. The van der Waals surface area contributed by atoms with E-state index in [0.29, 0.717) is 12.1 Å². The topological polar surface area (TPSA) is 87.3 Å². The molecule has 23 heavy (non-hydrogen) atoms. The lowest BCUT2D eigenvalue weighted by Gasteiger charge is -2.14. The second kappa shape index (κ2) is 8.24. The van der Waals surface area contributed by atoms with E-state index in [0.717, 1.165) is 25.1 Å². The van der Waals surface area contributed by atoms with Crippen LogP contribution in [0.5, 0.6) is 0 Å². The summed E-state index contributed by atoms with van der Waals surface area (Å²) >= 11 is 0. The van der Waals surface area contributed by atoms with Crippen LogP contribution in [0.3, 0.4) is 0 Å². The maximum atomic E-state index is 12.1. The highest BCUT2D eigenvalue weighted by molar-refractivity contribution is 7.89. The molecule has 1 aromatic rings. The van der Waals surface area contributed by atoms with Gasteiger partial charge in [-0.1, -0.05) is 23.8 Å². The lowest BCUT2D eigenvalue weighted by Crippen LogP contribution is -2.29. The first-order valence-corrected chi connectivity index (χ1v) is 9.38. The van der Waals surface area contributed by atoms with Crippen LogP contribution in [0, 0.1) is 0 Å². The standard InChI is InChI=1S/C16H23N3O3S/c1-2-23(21,22)19-12-13-3-5-15(6-4-13)16(20)18-11-14-7-9-17-10-8-14/h3-7,17,19H,2,8-12H2,1H3,(H,18,20). The Morgan fingerprint density at radius 2 is 1.96 bits per heavy atom. The van der Waals surface area contributed by atoms with E-state index >= 15 is 0 Å². The van der Waals surface area contributed by atoms with E-state index in [1.807, 2.05) is 0 Å². The lowest BCUT2D eigenvalue weighted by atomic mass is 10.1. The quantitative estimate of drug-likeness (QED) is 0.642. The third-order valence-corrected chi connectivity index (χ3v) is 5.07. The Kier molecular flexibility index (Phi) is 6.32. The van der Waals surface area contributed by atoms with Crippen molar-refractivity contribution < 1.29 is 13.2 Å². The molecular formula is C16H23N3O3S. The van der Waals surface area contributed by atoms with Crippen molar-refractivity contribution in [1.29, 1.82) is 0 Å². The number of carbonyl (C=O) groups excluding carboxylic acids is 1. The summed E-state index contributed by atoms with van der Waals surface area (Å²) in [4.78, 5) is 12.1. The van der Waals surface area contributed by atoms with Gasteiger partial charge in [-0.25, -0.2) is 13.1 Å². The Balaban J connectivity index is 1.86. The Hall–Kier alpha value is -1.70. The van der Waals surface area contributed by atoms with E-state index in [-0.39, 0.29) is 18.2 Å². The average molecular weight is 337 g/mol. The first kappa shape index (κ1) is 17.7. The maximum Gasteiger partial charge on any atom is 0.251 e. The van der Waals surface area contributed by atoms with E-state index in [9.17, 15) is 13.2 Å². The molecular weight excluding hydrogens is 314 g/mol. The first-order chi connectivity index (χ1) is 11.0. The predicted molar refractivity (Wildman–Crippen MR) is 90.6 cm³/mol. The molecule has 0 aromatic heterocycles. The number of hydrogen-bond acceptors (Lipinski definition) is 4. The Morgan fingerprint density at radius 1 is 1.22 bits per heavy atom. The molecule has 0 spiro atoms. The summed E-state index contributed by atoms with van der Waals surface area (Å²) in [5, 5.41) is 6.14. The second-order valence-corrected chi connectivity index (χ2v) is 7.52. The summed E-state index contributed by atoms with van der Waals surface area (Å²) in [6.45, 7) is 4.20. The lowest BCUT2D eigenvalue weighted by molar-refractivity contribution is 0.0956. The Morgan fingerprint density at radius 3 is 2.57 bits per heavy atom. The molecule has 0 bridgehead atoms. The summed E-state index contributed by atoms with van der Waals surface area (Å²) in [7, 11) is -3.21. The third kappa shape index (κ3) is 5.78. The number of hydrogen-bond donors (Lipinski definition) is 3. The summed E-state index contributed by atoms with van der Waals surface area (Å²) in [6.07, 6.45) is 3.06. The van der Waals surface area contributed by atoms with Gasteiger partial charge in [0, 0.05) is 25.2 Å². The van der Waals surface area contributed by atoms with Crippen LogP contribution in [0.2, 0.25) is 0 Å². The van der Waals surface area contributed by atoms with Crippen molar-refractivity contribution in [2.75, 3.05) is 25.4 Å². The van der Waals surface area contributed by atoms with Gasteiger partial charge < -0.3 is 10.6 Å². The van der Waals surface area contributed by atoms with Crippen molar-refractivity contribution in [3.8, 4) is 0 Å². The highest BCUT2D eigenvalue weighted by Crippen LogP contribution is 2.07. The van der Waals surface area contributed by atoms with Gasteiger partial charge in [-0.15, -0.1) is 0 Å². The van der Waals surface area contributed by atoms with Crippen molar-refractivity contribution >= 4 is 15.9 Å². The highest BCUT2D eigenvalue weighted by Gasteiger charge is 2.09. The van der Waals surface area contributed by atoms with Crippen LogP contribution in [0.4, 0.5) is 0 Å². The average Bonchev–Trinajstić information content (AvgIpc) is 2.59. The number of rotatable bonds is 7.